The molecular formula is C17H17BrFNO. The van der Waals surface area contributed by atoms with Crippen LogP contribution in [0, 0.1) is 5.82 Å². The van der Waals surface area contributed by atoms with E-state index >= 15 is 0 Å². The molecule has 1 unspecified atom stereocenters. The number of benzene rings is 2. The third-order valence-corrected chi connectivity index (χ3v) is 3.95. The lowest BCUT2D eigenvalue weighted by molar-refractivity contribution is -0.118. The summed E-state index contributed by atoms with van der Waals surface area (Å²) < 4.78 is 13.5. The van der Waals surface area contributed by atoms with E-state index in [1.54, 1.807) is 12.1 Å². The van der Waals surface area contributed by atoms with Crippen molar-refractivity contribution in [2.75, 3.05) is 0 Å². The Morgan fingerprint density at radius 3 is 2.57 bits per heavy atom. The predicted molar refractivity (Wildman–Crippen MR) is 85.4 cm³/mol. The van der Waals surface area contributed by atoms with Gasteiger partial charge in [-0.05, 0) is 45.6 Å². The Hall–Kier alpha value is -1.52. The van der Waals surface area contributed by atoms with Gasteiger partial charge in [-0.1, -0.05) is 36.4 Å². The number of halogens is 2. The zero-order valence-electron chi connectivity index (χ0n) is 11.6. The highest BCUT2D eigenvalue weighted by Gasteiger charge is 2.10. The Balaban J connectivity index is 1.86. The van der Waals surface area contributed by atoms with Crippen LogP contribution in [0.15, 0.2) is 53.0 Å². The van der Waals surface area contributed by atoms with Crippen LogP contribution in [0.2, 0.25) is 0 Å². The van der Waals surface area contributed by atoms with E-state index in [2.05, 4.69) is 15.9 Å². The SMILES string of the molecule is NC(CCC(=O)Cc1ccc(F)c(Br)c1)c1ccccc1. The summed E-state index contributed by atoms with van der Waals surface area (Å²) in [7, 11) is 0. The summed E-state index contributed by atoms with van der Waals surface area (Å²) in [6.07, 6.45) is 1.34. The molecule has 1 atom stereocenters. The Bertz CT molecular complexity index is 615. The quantitative estimate of drug-likeness (QED) is 0.849. The molecule has 21 heavy (non-hydrogen) atoms. The second-order valence-corrected chi connectivity index (χ2v) is 5.87. The zero-order chi connectivity index (χ0) is 15.2. The predicted octanol–water partition coefficient (Wildman–Crippen LogP) is 4.18. The van der Waals surface area contributed by atoms with Crippen LogP contribution in [-0.2, 0) is 11.2 Å². The van der Waals surface area contributed by atoms with Crippen molar-refractivity contribution >= 4 is 21.7 Å². The number of hydrogen-bond donors (Lipinski definition) is 1. The Morgan fingerprint density at radius 1 is 1.19 bits per heavy atom. The molecule has 0 heterocycles. The van der Waals surface area contributed by atoms with Gasteiger partial charge in [0.25, 0.3) is 0 Å². The molecule has 0 aliphatic heterocycles. The van der Waals surface area contributed by atoms with Gasteiger partial charge in [0, 0.05) is 18.9 Å². The maximum Gasteiger partial charge on any atom is 0.137 e. The molecule has 4 heteroatoms. The third-order valence-electron chi connectivity index (χ3n) is 3.35. The average Bonchev–Trinajstić information content (AvgIpc) is 2.49. The highest BCUT2D eigenvalue weighted by molar-refractivity contribution is 9.10. The van der Waals surface area contributed by atoms with Crippen LogP contribution in [0.25, 0.3) is 0 Å². The van der Waals surface area contributed by atoms with Crippen LogP contribution >= 0.6 is 15.9 Å². The lowest BCUT2D eigenvalue weighted by Crippen LogP contribution is -2.13. The minimum Gasteiger partial charge on any atom is -0.324 e. The number of carbonyl (C=O) groups is 1. The minimum atomic E-state index is -0.322. The first-order valence-corrected chi connectivity index (χ1v) is 7.61. The van der Waals surface area contributed by atoms with E-state index in [0.717, 1.165) is 11.1 Å². The van der Waals surface area contributed by atoms with Crippen LogP contribution < -0.4 is 5.73 Å². The summed E-state index contributed by atoms with van der Waals surface area (Å²) in [5.41, 5.74) is 7.92. The first-order chi connectivity index (χ1) is 10.1. The van der Waals surface area contributed by atoms with Gasteiger partial charge in [0.05, 0.1) is 4.47 Å². The van der Waals surface area contributed by atoms with Gasteiger partial charge in [-0.15, -0.1) is 0 Å². The van der Waals surface area contributed by atoms with Crippen molar-refractivity contribution < 1.29 is 9.18 Å². The third kappa shape index (κ3) is 4.76. The second kappa shape index (κ2) is 7.48. The van der Waals surface area contributed by atoms with Gasteiger partial charge in [0.1, 0.15) is 11.6 Å². The lowest BCUT2D eigenvalue weighted by Gasteiger charge is -2.11. The van der Waals surface area contributed by atoms with E-state index in [4.69, 9.17) is 5.73 Å². The molecule has 0 aromatic heterocycles. The summed E-state index contributed by atoms with van der Waals surface area (Å²) >= 11 is 3.12. The number of ketones is 1. The van der Waals surface area contributed by atoms with E-state index < -0.39 is 0 Å². The smallest absolute Gasteiger partial charge is 0.137 e. The molecule has 0 amide bonds. The van der Waals surface area contributed by atoms with E-state index in [9.17, 15) is 9.18 Å². The average molecular weight is 350 g/mol. The van der Waals surface area contributed by atoms with Gasteiger partial charge in [-0.3, -0.25) is 4.79 Å². The van der Waals surface area contributed by atoms with Gasteiger partial charge in [-0.25, -0.2) is 4.39 Å². The Labute approximate surface area is 132 Å². The van der Waals surface area contributed by atoms with Crippen molar-refractivity contribution in [3.63, 3.8) is 0 Å². The molecule has 0 spiro atoms. The van der Waals surface area contributed by atoms with Gasteiger partial charge in [0.15, 0.2) is 0 Å². The lowest BCUT2D eigenvalue weighted by atomic mass is 9.99. The molecule has 110 valence electrons. The highest BCUT2D eigenvalue weighted by Crippen LogP contribution is 2.19. The topological polar surface area (TPSA) is 43.1 Å². The summed E-state index contributed by atoms with van der Waals surface area (Å²) in [5.74, 6) is -0.211. The largest absolute Gasteiger partial charge is 0.324 e. The highest BCUT2D eigenvalue weighted by atomic mass is 79.9. The molecule has 0 fully saturated rings. The van der Waals surface area contributed by atoms with E-state index in [-0.39, 0.29) is 17.6 Å². The summed E-state index contributed by atoms with van der Waals surface area (Å²) in [5, 5.41) is 0. The van der Waals surface area contributed by atoms with Crippen LogP contribution in [0.5, 0.6) is 0 Å². The summed E-state index contributed by atoms with van der Waals surface area (Å²) in [4.78, 5) is 12.0. The standard InChI is InChI=1S/C17H17BrFNO/c18-15-11-12(6-8-16(15)19)10-14(21)7-9-17(20)13-4-2-1-3-5-13/h1-6,8,11,17H,7,9-10,20H2. The monoisotopic (exact) mass is 349 g/mol. The number of carbonyl (C=O) groups excluding carboxylic acids is 1. The molecule has 2 aromatic rings. The number of hydrogen-bond acceptors (Lipinski definition) is 2. The fraction of sp³-hybridized carbons (Fsp3) is 0.235. The molecule has 0 bridgehead atoms. The maximum atomic E-state index is 13.1. The maximum absolute atomic E-state index is 13.1. The molecule has 0 aliphatic carbocycles. The van der Waals surface area contributed by atoms with Gasteiger partial charge >= 0.3 is 0 Å². The molecule has 0 aliphatic rings. The first kappa shape index (κ1) is 15.9. The van der Waals surface area contributed by atoms with Crippen molar-refractivity contribution in [2.24, 2.45) is 5.73 Å². The van der Waals surface area contributed by atoms with Crippen LogP contribution in [0.4, 0.5) is 4.39 Å². The van der Waals surface area contributed by atoms with Crippen molar-refractivity contribution in [3.8, 4) is 0 Å². The number of nitrogens with two attached hydrogens (primary N) is 1. The zero-order valence-corrected chi connectivity index (χ0v) is 13.1. The van der Waals surface area contributed by atoms with Gasteiger partial charge in [0.2, 0.25) is 0 Å². The molecular weight excluding hydrogens is 333 g/mol. The van der Waals surface area contributed by atoms with E-state index in [1.807, 2.05) is 30.3 Å². The van der Waals surface area contributed by atoms with Gasteiger partial charge in [-0.2, -0.15) is 0 Å². The molecule has 2 nitrogen and oxygen atoms in total. The van der Waals surface area contributed by atoms with E-state index in [0.29, 0.717) is 23.7 Å². The first-order valence-electron chi connectivity index (χ1n) is 6.82. The Kier molecular flexibility index (Phi) is 5.65. The molecule has 2 N–H and O–H groups in total. The summed E-state index contributed by atoms with van der Waals surface area (Å²) in [6, 6.07) is 14.3. The molecule has 2 rings (SSSR count). The van der Waals surface area contributed by atoms with Crippen molar-refractivity contribution in [2.45, 2.75) is 25.3 Å². The molecule has 0 radical (unpaired) electrons. The molecule has 2 aromatic carbocycles. The van der Waals surface area contributed by atoms with Crippen LogP contribution in [-0.4, -0.2) is 5.78 Å². The fourth-order valence-electron chi connectivity index (χ4n) is 2.15. The normalized spacial score (nSPS) is 12.1. The van der Waals surface area contributed by atoms with Crippen molar-refractivity contribution in [1.29, 1.82) is 0 Å². The van der Waals surface area contributed by atoms with Gasteiger partial charge < -0.3 is 5.73 Å². The second-order valence-electron chi connectivity index (χ2n) is 5.02. The molecule has 0 saturated heterocycles. The minimum absolute atomic E-state index is 0.111. The number of rotatable bonds is 6. The summed E-state index contributed by atoms with van der Waals surface area (Å²) in [6.45, 7) is 0. The van der Waals surface area contributed by atoms with Crippen molar-refractivity contribution in [3.05, 3.63) is 69.9 Å². The molecule has 0 saturated carbocycles. The van der Waals surface area contributed by atoms with E-state index in [1.165, 1.54) is 6.07 Å². The Morgan fingerprint density at radius 2 is 1.90 bits per heavy atom. The van der Waals surface area contributed by atoms with Crippen molar-refractivity contribution in [1.82, 2.24) is 0 Å². The fourth-order valence-corrected chi connectivity index (χ4v) is 2.58. The van der Waals surface area contributed by atoms with Crippen LogP contribution in [0.3, 0.4) is 0 Å². The van der Waals surface area contributed by atoms with Crippen LogP contribution in [0.1, 0.15) is 30.0 Å². The number of Topliss-reactive ketones (excluding diaryl/α,β-unsaturated/α-hetero) is 1.